The Bertz CT molecular complexity index is 563. The lowest BCUT2D eigenvalue weighted by molar-refractivity contribution is 0.0441. The Hall–Kier alpha value is -1.43. The number of hydrogen-bond donors (Lipinski definition) is 0. The van der Waals surface area contributed by atoms with Crippen molar-refractivity contribution in [1.82, 2.24) is 4.31 Å². The molecule has 0 N–H and O–H groups in total. The molecule has 20 heavy (non-hydrogen) atoms. The van der Waals surface area contributed by atoms with Gasteiger partial charge in [-0.25, -0.2) is 8.42 Å². The van der Waals surface area contributed by atoms with E-state index in [9.17, 15) is 8.42 Å². The summed E-state index contributed by atoms with van der Waals surface area (Å²) in [4.78, 5) is 0.223. The van der Waals surface area contributed by atoms with Gasteiger partial charge >= 0.3 is 0 Å². The largest absolute Gasteiger partial charge is 0.362 e. The number of sulfonamides is 1. The molecule has 0 saturated heterocycles. The van der Waals surface area contributed by atoms with Crippen molar-refractivity contribution in [3.05, 3.63) is 55.1 Å². The molecule has 0 bridgehead atoms. The minimum absolute atomic E-state index is 0.223. The van der Waals surface area contributed by atoms with E-state index in [0.29, 0.717) is 0 Å². The van der Waals surface area contributed by atoms with Gasteiger partial charge in [-0.2, -0.15) is 4.31 Å². The molecule has 0 aromatic heterocycles. The molecular weight excluding hydrogens is 274 g/mol. The summed E-state index contributed by atoms with van der Waals surface area (Å²) in [6, 6.07) is 6.29. The van der Waals surface area contributed by atoms with Gasteiger partial charge in [-0.3, -0.25) is 0 Å². The van der Waals surface area contributed by atoms with Crippen molar-refractivity contribution in [3.8, 4) is 0 Å². The molecule has 1 aromatic rings. The number of benzene rings is 1. The van der Waals surface area contributed by atoms with Gasteiger partial charge in [0, 0.05) is 13.2 Å². The highest BCUT2D eigenvalue weighted by Crippen LogP contribution is 2.22. The van der Waals surface area contributed by atoms with Crippen LogP contribution in [0.15, 0.2) is 54.5 Å². The Labute approximate surface area is 121 Å². The van der Waals surface area contributed by atoms with Gasteiger partial charge in [0.1, 0.15) is 6.23 Å². The third-order valence-electron chi connectivity index (χ3n) is 3.03. The van der Waals surface area contributed by atoms with E-state index in [4.69, 9.17) is 4.74 Å². The van der Waals surface area contributed by atoms with Gasteiger partial charge in [0.2, 0.25) is 10.0 Å². The predicted octanol–water partition coefficient (Wildman–Crippen LogP) is 2.72. The zero-order valence-corrected chi connectivity index (χ0v) is 12.9. The second-order valence-corrected chi connectivity index (χ2v) is 6.33. The van der Waals surface area contributed by atoms with E-state index in [1.807, 2.05) is 6.92 Å². The molecule has 1 aromatic carbocycles. The fourth-order valence-electron chi connectivity index (χ4n) is 1.83. The van der Waals surface area contributed by atoms with Crippen molar-refractivity contribution in [3.63, 3.8) is 0 Å². The summed E-state index contributed by atoms with van der Waals surface area (Å²) in [6.07, 6.45) is 2.27. The number of ether oxygens (including phenoxy) is 1. The van der Waals surface area contributed by atoms with E-state index in [1.165, 1.54) is 17.5 Å². The Balaban J connectivity index is 3.34. The van der Waals surface area contributed by atoms with Gasteiger partial charge in [-0.05, 0) is 32.1 Å². The highest BCUT2D eigenvalue weighted by molar-refractivity contribution is 7.89. The van der Waals surface area contributed by atoms with Gasteiger partial charge in [0.05, 0.1) is 4.90 Å². The Morgan fingerprint density at radius 2 is 1.75 bits per heavy atom. The van der Waals surface area contributed by atoms with E-state index in [2.05, 4.69) is 13.2 Å². The van der Waals surface area contributed by atoms with Crippen molar-refractivity contribution >= 4 is 10.0 Å². The van der Waals surface area contributed by atoms with Gasteiger partial charge < -0.3 is 4.74 Å². The minimum Gasteiger partial charge on any atom is -0.362 e. The second-order valence-electron chi connectivity index (χ2n) is 4.49. The Morgan fingerprint density at radius 3 is 2.15 bits per heavy atom. The number of hydrogen-bond acceptors (Lipinski definition) is 3. The van der Waals surface area contributed by atoms with Gasteiger partial charge in [-0.1, -0.05) is 30.4 Å². The highest BCUT2D eigenvalue weighted by Gasteiger charge is 2.33. The van der Waals surface area contributed by atoms with E-state index in [1.54, 1.807) is 37.3 Å². The van der Waals surface area contributed by atoms with Crippen LogP contribution in [0.3, 0.4) is 0 Å². The van der Waals surface area contributed by atoms with E-state index in [-0.39, 0.29) is 4.90 Å². The minimum atomic E-state index is -3.69. The molecule has 0 radical (unpaired) electrons. The third-order valence-corrected chi connectivity index (χ3v) is 5.00. The summed E-state index contributed by atoms with van der Waals surface area (Å²) in [5, 5.41) is 0. The van der Waals surface area contributed by atoms with Crippen molar-refractivity contribution in [2.75, 3.05) is 7.11 Å². The van der Waals surface area contributed by atoms with E-state index < -0.39 is 22.3 Å². The molecule has 0 saturated carbocycles. The van der Waals surface area contributed by atoms with Crippen LogP contribution in [-0.2, 0) is 14.8 Å². The van der Waals surface area contributed by atoms with Crippen LogP contribution in [0.2, 0.25) is 0 Å². The summed E-state index contributed by atoms with van der Waals surface area (Å²) in [7, 11) is -2.24. The fraction of sp³-hybridized carbons (Fsp3) is 0.333. The molecule has 0 amide bonds. The van der Waals surface area contributed by atoms with Crippen LogP contribution in [0, 0.1) is 6.92 Å². The summed E-state index contributed by atoms with van der Waals surface area (Å²) in [6.45, 7) is 10.9. The molecule has 1 rings (SSSR count). The maximum Gasteiger partial charge on any atom is 0.246 e. The lowest BCUT2D eigenvalue weighted by Gasteiger charge is -2.31. The zero-order chi connectivity index (χ0) is 15.3. The standard InChI is InChI=1S/C15H21NO3S/c1-6-13(4)16(15(7-2)19-5)20(17,18)14-10-8-12(3)9-11-14/h6-11,13,15H,1-2H2,3-5H3. The monoisotopic (exact) mass is 295 g/mol. The maximum absolute atomic E-state index is 12.8. The zero-order valence-electron chi connectivity index (χ0n) is 12.1. The first-order valence-electron chi connectivity index (χ1n) is 6.26. The first-order chi connectivity index (χ1) is 9.38. The lowest BCUT2D eigenvalue weighted by Crippen LogP contribution is -2.45. The van der Waals surface area contributed by atoms with Crippen LogP contribution in [-0.4, -0.2) is 32.1 Å². The number of rotatable bonds is 7. The average Bonchev–Trinajstić information content (AvgIpc) is 2.44. The maximum atomic E-state index is 12.8. The van der Waals surface area contributed by atoms with E-state index in [0.717, 1.165) is 5.56 Å². The van der Waals surface area contributed by atoms with Crippen molar-refractivity contribution in [2.24, 2.45) is 0 Å². The molecule has 2 atom stereocenters. The van der Waals surface area contributed by atoms with Crippen LogP contribution in [0.5, 0.6) is 0 Å². The summed E-state index contributed by atoms with van der Waals surface area (Å²) >= 11 is 0. The van der Waals surface area contributed by atoms with E-state index >= 15 is 0 Å². The molecule has 5 heteroatoms. The van der Waals surface area contributed by atoms with Crippen molar-refractivity contribution in [1.29, 1.82) is 0 Å². The summed E-state index contributed by atoms with van der Waals surface area (Å²) in [5.74, 6) is 0. The first-order valence-corrected chi connectivity index (χ1v) is 7.70. The third kappa shape index (κ3) is 3.36. The lowest BCUT2D eigenvalue weighted by atomic mass is 10.2. The Morgan fingerprint density at radius 1 is 1.20 bits per heavy atom. The van der Waals surface area contributed by atoms with Crippen LogP contribution in [0.1, 0.15) is 12.5 Å². The van der Waals surface area contributed by atoms with Gasteiger partial charge in [-0.15, -0.1) is 6.58 Å². The van der Waals surface area contributed by atoms with Gasteiger partial charge in [0.15, 0.2) is 0 Å². The molecule has 0 spiro atoms. The topological polar surface area (TPSA) is 46.6 Å². The smallest absolute Gasteiger partial charge is 0.246 e. The quantitative estimate of drug-likeness (QED) is 0.574. The molecule has 0 fully saturated rings. The fourth-order valence-corrected chi connectivity index (χ4v) is 3.52. The SMILES string of the molecule is C=CC(C)N(C(C=C)OC)S(=O)(=O)c1ccc(C)cc1. The Kier molecular flexibility index (Phi) is 5.68. The van der Waals surface area contributed by atoms with Crippen LogP contribution >= 0.6 is 0 Å². The molecule has 0 heterocycles. The average molecular weight is 295 g/mol. The number of nitrogens with zero attached hydrogens (tertiary/aromatic N) is 1. The molecular formula is C15H21NO3S. The highest BCUT2D eigenvalue weighted by atomic mass is 32.2. The van der Waals surface area contributed by atoms with Gasteiger partial charge in [0.25, 0.3) is 0 Å². The molecule has 0 aliphatic rings. The molecule has 2 unspecified atom stereocenters. The number of methoxy groups -OCH3 is 1. The first kappa shape index (κ1) is 16.6. The summed E-state index contributed by atoms with van der Waals surface area (Å²) in [5.41, 5.74) is 0.999. The van der Waals surface area contributed by atoms with Crippen molar-refractivity contribution < 1.29 is 13.2 Å². The summed E-state index contributed by atoms with van der Waals surface area (Å²) < 4.78 is 32.0. The normalized spacial score (nSPS) is 14.8. The number of aryl methyl sites for hydroxylation is 1. The molecule has 0 aliphatic carbocycles. The van der Waals surface area contributed by atoms with Crippen LogP contribution in [0.25, 0.3) is 0 Å². The van der Waals surface area contributed by atoms with Crippen LogP contribution < -0.4 is 0 Å². The van der Waals surface area contributed by atoms with Crippen LogP contribution in [0.4, 0.5) is 0 Å². The predicted molar refractivity (Wildman–Crippen MR) is 80.9 cm³/mol. The second kappa shape index (κ2) is 6.83. The molecule has 4 nitrogen and oxygen atoms in total. The molecule has 110 valence electrons. The molecule has 0 aliphatic heterocycles. The van der Waals surface area contributed by atoms with Crippen molar-refractivity contribution in [2.45, 2.75) is 31.0 Å².